The monoisotopic (exact) mass is 487 g/mol. The fraction of sp³-hybridized carbons (Fsp3) is 0.214. The highest BCUT2D eigenvalue weighted by Gasteiger charge is 2.20. The van der Waals surface area contributed by atoms with Crippen LogP contribution in [-0.4, -0.2) is 50.2 Å². The molecule has 0 saturated heterocycles. The van der Waals surface area contributed by atoms with Gasteiger partial charge in [0.15, 0.2) is 11.5 Å². The van der Waals surface area contributed by atoms with Crippen molar-refractivity contribution in [1.82, 2.24) is 9.78 Å². The number of anilines is 1. The summed E-state index contributed by atoms with van der Waals surface area (Å²) in [5.74, 6) is 1.44. The molecule has 0 aliphatic heterocycles. The van der Waals surface area contributed by atoms with Crippen LogP contribution in [0.3, 0.4) is 0 Å². The molecule has 0 fully saturated rings. The number of nitrogens with one attached hydrogen (secondary N) is 1. The Balaban J connectivity index is 1.69. The minimum atomic E-state index is -0.306. The summed E-state index contributed by atoms with van der Waals surface area (Å²) in [7, 11) is 4.78. The molecule has 186 valence electrons. The van der Waals surface area contributed by atoms with E-state index in [1.54, 1.807) is 50.4 Å². The van der Waals surface area contributed by atoms with Crippen molar-refractivity contribution in [2.75, 3.05) is 39.9 Å². The van der Waals surface area contributed by atoms with E-state index in [4.69, 9.17) is 24.0 Å². The molecule has 0 bridgehead atoms. The number of hydrogen-bond acceptors (Lipinski definition) is 6. The van der Waals surface area contributed by atoms with Crippen LogP contribution in [0.4, 0.5) is 5.69 Å². The summed E-state index contributed by atoms with van der Waals surface area (Å²) >= 11 is 0. The molecule has 1 aromatic heterocycles. The van der Waals surface area contributed by atoms with Crippen LogP contribution in [0.25, 0.3) is 16.9 Å². The SMILES string of the molecule is COCCOc1cc(NC(=O)c2cn(-c3ccc(C)cc3)nc2-c2cccc(OC)c2)ccc1OC. The number of ether oxygens (including phenoxy) is 4. The second-order valence-electron chi connectivity index (χ2n) is 8.06. The minimum absolute atomic E-state index is 0.306. The van der Waals surface area contributed by atoms with Gasteiger partial charge < -0.3 is 24.3 Å². The Hall–Kier alpha value is -4.30. The highest BCUT2D eigenvalue weighted by molar-refractivity contribution is 6.08. The molecule has 0 aliphatic rings. The molecule has 36 heavy (non-hydrogen) atoms. The van der Waals surface area contributed by atoms with E-state index in [1.807, 2.05) is 55.5 Å². The Bertz CT molecular complexity index is 1330. The van der Waals surface area contributed by atoms with E-state index in [0.29, 0.717) is 47.4 Å². The first-order chi connectivity index (χ1) is 17.5. The Labute approximate surface area is 210 Å². The lowest BCUT2D eigenvalue weighted by Gasteiger charge is -2.13. The van der Waals surface area contributed by atoms with Crippen molar-refractivity contribution in [3.63, 3.8) is 0 Å². The molecule has 1 amide bonds. The molecule has 8 nitrogen and oxygen atoms in total. The standard InChI is InChI=1S/C28H29N3O5/c1-19-8-11-22(12-9-19)31-18-24(27(30-31)20-6-5-7-23(16-20)34-3)28(32)29-21-10-13-25(35-4)26(17-21)36-15-14-33-2/h5-13,16-18H,14-15H2,1-4H3,(H,29,32). The van der Waals surface area contributed by atoms with Gasteiger partial charge in [0.05, 0.1) is 32.1 Å². The number of carbonyl (C=O) groups is 1. The second kappa shape index (κ2) is 11.4. The summed E-state index contributed by atoms with van der Waals surface area (Å²) < 4.78 is 23.3. The molecule has 3 aromatic carbocycles. The fourth-order valence-corrected chi connectivity index (χ4v) is 3.65. The molecule has 0 radical (unpaired) electrons. The van der Waals surface area contributed by atoms with Crippen molar-refractivity contribution in [3.8, 4) is 34.2 Å². The van der Waals surface area contributed by atoms with Crippen LogP contribution in [0.15, 0.2) is 72.9 Å². The van der Waals surface area contributed by atoms with Crippen LogP contribution in [0.5, 0.6) is 17.2 Å². The number of hydrogen-bond donors (Lipinski definition) is 1. The third-order valence-electron chi connectivity index (χ3n) is 5.57. The van der Waals surface area contributed by atoms with Gasteiger partial charge in [-0.1, -0.05) is 29.8 Å². The van der Waals surface area contributed by atoms with Gasteiger partial charge in [0, 0.05) is 30.6 Å². The van der Waals surface area contributed by atoms with Crippen LogP contribution in [-0.2, 0) is 4.74 Å². The maximum Gasteiger partial charge on any atom is 0.259 e. The normalized spacial score (nSPS) is 10.7. The first-order valence-electron chi connectivity index (χ1n) is 11.4. The number of amides is 1. The summed E-state index contributed by atoms with van der Waals surface area (Å²) in [6, 6.07) is 20.6. The topological polar surface area (TPSA) is 83.8 Å². The van der Waals surface area contributed by atoms with Gasteiger partial charge in [0.1, 0.15) is 18.1 Å². The predicted molar refractivity (Wildman–Crippen MR) is 139 cm³/mol. The molecule has 1 heterocycles. The molecule has 0 aliphatic carbocycles. The van der Waals surface area contributed by atoms with Gasteiger partial charge in [-0.15, -0.1) is 0 Å². The lowest BCUT2D eigenvalue weighted by atomic mass is 10.1. The van der Waals surface area contributed by atoms with E-state index in [0.717, 1.165) is 16.8 Å². The van der Waals surface area contributed by atoms with Gasteiger partial charge >= 0.3 is 0 Å². The van der Waals surface area contributed by atoms with Crippen LogP contribution in [0.2, 0.25) is 0 Å². The zero-order chi connectivity index (χ0) is 25.5. The maximum atomic E-state index is 13.5. The van der Waals surface area contributed by atoms with E-state index in [-0.39, 0.29) is 5.91 Å². The van der Waals surface area contributed by atoms with E-state index in [9.17, 15) is 4.79 Å². The quantitative estimate of drug-likeness (QED) is 0.312. The van der Waals surface area contributed by atoms with E-state index >= 15 is 0 Å². The average molecular weight is 488 g/mol. The van der Waals surface area contributed by atoms with E-state index in [2.05, 4.69) is 5.32 Å². The summed E-state index contributed by atoms with van der Waals surface area (Å²) in [5.41, 5.74) is 4.28. The Morgan fingerprint density at radius 1 is 0.917 bits per heavy atom. The highest BCUT2D eigenvalue weighted by Crippen LogP contribution is 2.32. The van der Waals surface area contributed by atoms with Gasteiger partial charge in [0.25, 0.3) is 5.91 Å². The van der Waals surface area contributed by atoms with Crippen LogP contribution in [0.1, 0.15) is 15.9 Å². The Morgan fingerprint density at radius 3 is 2.44 bits per heavy atom. The predicted octanol–water partition coefficient (Wildman–Crippen LogP) is 5.14. The van der Waals surface area contributed by atoms with E-state index in [1.165, 1.54) is 0 Å². The van der Waals surface area contributed by atoms with Crippen LogP contribution >= 0.6 is 0 Å². The van der Waals surface area contributed by atoms with Crippen LogP contribution < -0.4 is 19.5 Å². The number of aromatic nitrogens is 2. The van der Waals surface area contributed by atoms with Crippen molar-refractivity contribution < 1.29 is 23.7 Å². The van der Waals surface area contributed by atoms with Gasteiger partial charge in [-0.05, 0) is 43.3 Å². The number of methoxy groups -OCH3 is 3. The van der Waals surface area contributed by atoms with Gasteiger partial charge in [-0.25, -0.2) is 4.68 Å². The summed E-state index contributed by atoms with van der Waals surface area (Å²) in [4.78, 5) is 13.5. The largest absolute Gasteiger partial charge is 0.497 e. The number of rotatable bonds is 10. The smallest absolute Gasteiger partial charge is 0.259 e. The molecule has 1 N–H and O–H groups in total. The molecule has 4 rings (SSSR count). The van der Waals surface area contributed by atoms with Crippen molar-refractivity contribution in [2.24, 2.45) is 0 Å². The van der Waals surface area contributed by atoms with Crippen molar-refractivity contribution in [2.45, 2.75) is 6.92 Å². The summed E-state index contributed by atoms with van der Waals surface area (Å²) in [6.45, 7) is 2.81. The molecule has 0 atom stereocenters. The minimum Gasteiger partial charge on any atom is -0.497 e. The average Bonchev–Trinajstić information content (AvgIpc) is 3.35. The number of nitrogens with zero attached hydrogens (tertiary/aromatic N) is 2. The first-order valence-corrected chi connectivity index (χ1v) is 11.4. The molecule has 4 aromatic rings. The fourth-order valence-electron chi connectivity index (χ4n) is 3.65. The molecule has 8 heteroatoms. The third-order valence-corrected chi connectivity index (χ3v) is 5.57. The zero-order valence-corrected chi connectivity index (χ0v) is 20.8. The first kappa shape index (κ1) is 24.8. The highest BCUT2D eigenvalue weighted by atomic mass is 16.5. The number of benzene rings is 3. The lowest BCUT2D eigenvalue weighted by molar-refractivity contribution is 0.102. The molecular weight excluding hydrogens is 458 g/mol. The van der Waals surface area contributed by atoms with Crippen LogP contribution in [0, 0.1) is 6.92 Å². The number of aryl methyl sites for hydroxylation is 1. The summed E-state index contributed by atoms with van der Waals surface area (Å²) in [5, 5.41) is 7.72. The molecule has 0 unspecified atom stereocenters. The molecular formula is C28H29N3O5. The molecule has 0 spiro atoms. The third kappa shape index (κ3) is 5.67. The maximum absolute atomic E-state index is 13.5. The Morgan fingerprint density at radius 2 is 1.72 bits per heavy atom. The van der Waals surface area contributed by atoms with Crippen molar-refractivity contribution in [1.29, 1.82) is 0 Å². The van der Waals surface area contributed by atoms with E-state index < -0.39 is 0 Å². The van der Waals surface area contributed by atoms with Crippen molar-refractivity contribution >= 4 is 11.6 Å². The number of carbonyl (C=O) groups excluding carboxylic acids is 1. The van der Waals surface area contributed by atoms with Gasteiger partial charge in [0.2, 0.25) is 0 Å². The van der Waals surface area contributed by atoms with Gasteiger partial charge in [-0.3, -0.25) is 4.79 Å². The van der Waals surface area contributed by atoms with Gasteiger partial charge in [-0.2, -0.15) is 5.10 Å². The van der Waals surface area contributed by atoms with Crippen molar-refractivity contribution in [3.05, 3.63) is 84.1 Å². The second-order valence-corrected chi connectivity index (χ2v) is 8.06. The lowest BCUT2D eigenvalue weighted by Crippen LogP contribution is -2.13. The zero-order valence-electron chi connectivity index (χ0n) is 20.8. The Kier molecular flexibility index (Phi) is 7.87. The molecule has 0 saturated carbocycles. The summed E-state index contributed by atoms with van der Waals surface area (Å²) in [6.07, 6.45) is 1.73.